The minimum Gasteiger partial charge on any atom is -0.445 e. The second-order valence-electron chi connectivity index (χ2n) is 8.50. The predicted molar refractivity (Wildman–Crippen MR) is 131 cm³/mol. The number of alkyl carbamates (subject to hydrolysis) is 1. The van der Waals surface area contributed by atoms with Crippen LogP contribution in [0.2, 0.25) is 0 Å². The van der Waals surface area contributed by atoms with Crippen molar-refractivity contribution in [2.45, 2.75) is 38.5 Å². The van der Waals surface area contributed by atoms with Gasteiger partial charge in [-0.15, -0.1) is 0 Å². The molecule has 2 N–H and O–H groups in total. The average Bonchev–Trinajstić information content (AvgIpc) is 3.30. The van der Waals surface area contributed by atoms with Gasteiger partial charge in [-0.3, -0.25) is 9.59 Å². The lowest BCUT2D eigenvalue weighted by molar-refractivity contribution is -0.132. The molecule has 2 atom stereocenters. The van der Waals surface area contributed by atoms with Crippen LogP contribution in [0.25, 0.3) is 0 Å². The highest BCUT2D eigenvalue weighted by atomic mass is 32.2. The molecule has 8 heteroatoms. The minimum atomic E-state index is -1.02. The number of ether oxygens (including phenoxy) is 1. The van der Waals surface area contributed by atoms with Crippen molar-refractivity contribution in [1.29, 1.82) is 0 Å². The molecule has 2 aromatic carbocycles. The van der Waals surface area contributed by atoms with Crippen molar-refractivity contribution in [2.24, 2.45) is 5.92 Å². The molecule has 0 aliphatic carbocycles. The molecule has 0 unspecified atom stereocenters. The number of hydrogen-bond donors (Lipinski definition) is 2. The van der Waals surface area contributed by atoms with E-state index in [1.165, 1.54) is 0 Å². The Bertz CT molecular complexity index is 947. The minimum absolute atomic E-state index is 0.111. The van der Waals surface area contributed by atoms with Crippen LogP contribution in [0.1, 0.15) is 25.8 Å². The van der Waals surface area contributed by atoms with E-state index < -0.39 is 17.7 Å². The number of hydrogen-bond acceptors (Lipinski definition) is 5. The fraction of sp³-hybridized carbons (Fsp3) is 0.400. The van der Waals surface area contributed by atoms with E-state index in [9.17, 15) is 14.4 Å². The van der Waals surface area contributed by atoms with E-state index in [0.717, 1.165) is 17.0 Å². The number of thioether (sulfide) groups is 1. The van der Waals surface area contributed by atoms with Crippen LogP contribution in [0.15, 0.2) is 60.7 Å². The summed E-state index contributed by atoms with van der Waals surface area (Å²) in [5.41, 5.74) is 0.598. The second kappa shape index (κ2) is 11.2. The fourth-order valence-electron chi connectivity index (χ4n) is 3.72. The molecule has 1 fully saturated rings. The summed E-state index contributed by atoms with van der Waals surface area (Å²) in [5.74, 6) is 0.508. The van der Waals surface area contributed by atoms with Crippen LogP contribution in [-0.4, -0.2) is 48.0 Å². The molecular formula is C25H31N3O4S. The number of carbonyl (C=O) groups excluding carboxylic acids is 3. The predicted octanol–water partition coefficient (Wildman–Crippen LogP) is 3.59. The summed E-state index contributed by atoms with van der Waals surface area (Å²) >= 11 is 1.63. The van der Waals surface area contributed by atoms with E-state index in [1.54, 1.807) is 23.7 Å². The Labute approximate surface area is 199 Å². The molecule has 176 valence electrons. The molecule has 0 spiro atoms. The summed E-state index contributed by atoms with van der Waals surface area (Å²) in [5, 5.41) is 5.65. The molecule has 33 heavy (non-hydrogen) atoms. The van der Waals surface area contributed by atoms with Gasteiger partial charge in [0.05, 0.1) is 0 Å². The summed E-state index contributed by atoms with van der Waals surface area (Å²) in [6.07, 6.45) is -0.141. The number of rotatable bonds is 8. The summed E-state index contributed by atoms with van der Waals surface area (Å²) in [6.45, 7) is 3.80. The molecule has 1 saturated heterocycles. The maximum atomic E-state index is 13.5. The smallest absolute Gasteiger partial charge is 0.408 e. The van der Waals surface area contributed by atoms with Gasteiger partial charge in [0, 0.05) is 18.5 Å². The maximum absolute atomic E-state index is 13.5. The van der Waals surface area contributed by atoms with Crippen LogP contribution in [0, 0.1) is 5.92 Å². The van der Waals surface area contributed by atoms with Gasteiger partial charge >= 0.3 is 6.09 Å². The van der Waals surface area contributed by atoms with Gasteiger partial charge in [-0.1, -0.05) is 62.4 Å². The third-order valence-electron chi connectivity index (χ3n) is 5.68. The van der Waals surface area contributed by atoms with Crippen molar-refractivity contribution < 1.29 is 19.1 Å². The Morgan fingerprint density at radius 1 is 1.06 bits per heavy atom. The molecule has 0 saturated carbocycles. The number of benzene rings is 2. The molecule has 0 bridgehead atoms. The molecule has 1 heterocycles. The average molecular weight is 470 g/mol. The van der Waals surface area contributed by atoms with Crippen LogP contribution in [-0.2, 0) is 20.9 Å². The van der Waals surface area contributed by atoms with Crippen LogP contribution in [0.4, 0.5) is 10.5 Å². The Balaban J connectivity index is 1.67. The van der Waals surface area contributed by atoms with E-state index in [2.05, 4.69) is 10.6 Å². The van der Waals surface area contributed by atoms with Gasteiger partial charge in [-0.05, 0) is 35.8 Å². The number of likely N-dealkylation sites (N-methyl/N-ethyl adjacent to an activating group) is 1. The zero-order valence-electron chi connectivity index (χ0n) is 19.2. The van der Waals surface area contributed by atoms with Crippen molar-refractivity contribution in [3.63, 3.8) is 0 Å². The number of para-hydroxylation sites is 1. The highest BCUT2D eigenvalue weighted by Crippen LogP contribution is 2.31. The van der Waals surface area contributed by atoms with Gasteiger partial charge in [-0.25, -0.2) is 4.79 Å². The van der Waals surface area contributed by atoms with Crippen molar-refractivity contribution in [3.8, 4) is 0 Å². The van der Waals surface area contributed by atoms with Gasteiger partial charge in [0.25, 0.3) is 5.91 Å². The van der Waals surface area contributed by atoms with Gasteiger partial charge in [0.15, 0.2) is 0 Å². The molecule has 0 radical (unpaired) electrons. The van der Waals surface area contributed by atoms with Gasteiger partial charge in [0.1, 0.15) is 18.2 Å². The SMILES string of the molecule is CC(C)[C@H](NC(=O)OCc1ccccc1)C(=O)N[C@]1(C(=O)N(C)c2ccccc2)CCSC1. The molecule has 3 rings (SSSR count). The molecular weight excluding hydrogens is 438 g/mol. The lowest BCUT2D eigenvalue weighted by Gasteiger charge is -2.34. The van der Waals surface area contributed by atoms with Crippen molar-refractivity contribution in [3.05, 3.63) is 66.2 Å². The number of anilines is 1. The molecule has 1 aliphatic rings. The summed E-state index contributed by atoms with van der Waals surface area (Å²) < 4.78 is 5.29. The van der Waals surface area contributed by atoms with E-state index in [1.807, 2.05) is 74.5 Å². The van der Waals surface area contributed by atoms with Gasteiger partial charge in [-0.2, -0.15) is 11.8 Å². The number of amides is 3. The molecule has 2 aromatic rings. The lowest BCUT2D eigenvalue weighted by Crippen LogP contribution is -2.63. The fourth-order valence-corrected chi connectivity index (χ4v) is 5.04. The lowest BCUT2D eigenvalue weighted by atomic mass is 9.94. The Morgan fingerprint density at radius 3 is 2.27 bits per heavy atom. The third-order valence-corrected chi connectivity index (χ3v) is 6.87. The van der Waals surface area contributed by atoms with Crippen LogP contribution >= 0.6 is 11.8 Å². The maximum Gasteiger partial charge on any atom is 0.408 e. The van der Waals surface area contributed by atoms with E-state index >= 15 is 0 Å². The van der Waals surface area contributed by atoms with E-state index in [4.69, 9.17) is 4.74 Å². The van der Waals surface area contributed by atoms with Gasteiger partial charge < -0.3 is 20.3 Å². The van der Waals surface area contributed by atoms with Crippen LogP contribution in [0.3, 0.4) is 0 Å². The van der Waals surface area contributed by atoms with Crippen LogP contribution < -0.4 is 15.5 Å². The Hall–Kier alpha value is -3.00. The van der Waals surface area contributed by atoms with Crippen LogP contribution in [0.5, 0.6) is 0 Å². The summed E-state index contributed by atoms with van der Waals surface area (Å²) in [4.78, 5) is 40.7. The Kier molecular flexibility index (Phi) is 8.38. The largest absolute Gasteiger partial charge is 0.445 e. The van der Waals surface area contributed by atoms with Crippen molar-refractivity contribution in [2.75, 3.05) is 23.5 Å². The highest BCUT2D eigenvalue weighted by Gasteiger charge is 2.46. The molecule has 0 aromatic heterocycles. The number of nitrogens with one attached hydrogen (secondary N) is 2. The normalized spacial score (nSPS) is 18.4. The van der Waals surface area contributed by atoms with Crippen molar-refractivity contribution in [1.82, 2.24) is 10.6 Å². The summed E-state index contributed by atoms with van der Waals surface area (Å²) in [7, 11) is 1.72. The zero-order valence-corrected chi connectivity index (χ0v) is 20.1. The van der Waals surface area contributed by atoms with Gasteiger partial charge in [0.2, 0.25) is 5.91 Å². The highest BCUT2D eigenvalue weighted by molar-refractivity contribution is 7.99. The second-order valence-corrected chi connectivity index (χ2v) is 9.61. The molecule has 3 amide bonds. The number of nitrogens with zero attached hydrogens (tertiary/aromatic N) is 1. The zero-order chi connectivity index (χ0) is 23.8. The van der Waals surface area contributed by atoms with E-state index in [0.29, 0.717) is 12.2 Å². The standard InChI is InChI=1S/C25H31N3O4S/c1-18(2)21(26-24(31)32-16-19-10-6-4-7-11-19)22(29)27-25(14-15-33-17-25)23(30)28(3)20-12-8-5-9-13-20/h4-13,18,21H,14-17H2,1-3H3,(H,26,31)(H,27,29)/t21-,25+/m0/s1. The monoisotopic (exact) mass is 469 g/mol. The quantitative estimate of drug-likeness (QED) is 0.617. The first-order valence-electron chi connectivity index (χ1n) is 11.0. The Morgan fingerprint density at radius 2 is 1.70 bits per heavy atom. The number of carbonyl (C=O) groups is 3. The molecule has 1 aliphatic heterocycles. The molecule has 7 nitrogen and oxygen atoms in total. The van der Waals surface area contributed by atoms with E-state index in [-0.39, 0.29) is 24.3 Å². The topological polar surface area (TPSA) is 87.7 Å². The summed E-state index contributed by atoms with van der Waals surface area (Å²) in [6, 6.07) is 17.8. The third kappa shape index (κ3) is 6.28. The van der Waals surface area contributed by atoms with Crippen molar-refractivity contribution >= 4 is 35.4 Å². The first-order chi connectivity index (χ1) is 15.8. The first-order valence-corrected chi connectivity index (χ1v) is 12.2. The first kappa shape index (κ1) is 24.6.